The molecule has 1 aromatic rings. The van der Waals surface area contributed by atoms with Gasteiger partial charge in [0.2, 0.25) is 5.91 Å². The number of carbonyl (C=O) groups excluding carboxylic acids is 4. The number of carbonyl (C=O) groups is 4. The lowest BCUT2D eigenvalue weighted by molar-refractivity contribution is -0.384. The maximum atomic E-state index is 13.5. The van der Waals surface area contributed by atoms with Gasteiger partial charge in [0, 0.05) is 38.1 Å². The van der Waals surface area contributed by atoms with E-state index in [1.807, 2.05) is 0 Å². The fourth-order valence-corrected chi connectivity index (χ4v) is 4.80. The van der Waals surface area contributed by atoms with E-state index < -0.39 is 46.5 Å². The highest BCUT2D eigenvalue weighted by Gasteiger charge is 2.62. The van der Waals surface area contributed by atoms with Crippen molar-refractivity contribution in [2.24, 2.45) is 5.92 Å². The fourth-order valence-electron chi connectivity index (χ4n) is 4.80. The predicted octanol–water partition coefficient (Wildman–Crippen LogP) is 3.23. The molecule has 1 saturated carbocycles. The van der Waals surface area contributed by atoms with Gasteiger partial charge in [0.15, 0.2) is 0 Å². The van der Waals surface area contributed by atoms with Crippen LogP contribution in [0.5, 0.6) is 0 Å². The molecule has 0 aromatic heterocycles. The fraction of sp³-hybridized carbons (Fsp3) is 0.500. The average molecular weight is 557 g/mol. The number of benzene rings is 1. The minimum atomic E-state index is -1.24. The third-order valence-corrected chi connectivity index (χ3v) is 7.16. The number of ether oxygens (including phenoxy) is 2. The summed E-state index contributed by atoms with van der Waals surface area (Å²) in [5.74, 6) is -2.16. The lowest BCUT2D eigenvalue weighted by Crippen LogP contribution is -2.55. The number of amides is 3. The molecule has 3 rings (SSSR count). The first-order valence-electron chi connectivity index (χ1n) is 13.3. The first-order valence-corrected chi connectivity index (χ1v) is 13.3. The highest BCUT2D eigenvalue weighted by molar-refractivity contribution is 5.95. The van der Waals surface area contributed by atoms with Gasteiger partial charge in [-0.25, -0.2) is 14.4 Å². The summed E-state index contributed by atoms with van der Waals surface area (Å²) >= 11 is 0. The Kier molecular flexibility index (Phi) is 10.0. The van der Waals surface area contributed by atoms with Crippen LogP contribution in [0.2, 0.25) is 0 Å². The zero-order chi connectivity index (χ0) is 29.4. The summed E-state index contributed by atoms with van der Waals surface area (Å²) in [6, 6.07) is 3.54. The highest BCUT2D eigenvalue weighted by Crippen LogP contribution is 2.45. The van der Waals surface area contributed by atoms with Gasteiger partial charge in [0.1, 0.15) is 17.7 Å². The Morgan fingerprint density at radius 3 is 2.50 bits per heavy atom. The molecule has 1 aliphatic heterocycles. The van der Waals surface area contributed by atoms with Crippen molar-refractivity contribution in [3.8, 4) is 0 Å². The average Bonchev–Trinajstić information content (AvgIpc) is 3.50. The Hall–Kier alpha value is -4.22. The molecule has 1 heterocycles. The van der Waals surface area contributed by atoms with E-state index in [1.54, 1.807) is 26.1 Å². The zero-order valence-corrected chi connectivity index (χ0v) is 22.9. The Morgan fingerprint density at radius 2 is 1.93 bits per heavy atom. The number of rotatable bonds is 13. The Labute approximate surface area is 233 Å². The number of non-ortho nitro benzene ring substituents is 1. The number of nitrogens with one attached hydrogen (secondary N) is 1. The lowest BCUT2D eigenvalue weighted by Gasteiger charge is -2.29. The van der Waals surface area contributed by atoms with Gasteiger partial charge < -0.3 is 24.6 Å². The minimum Gasteiger partial charge on any atom is -0.464 e. The molecule has 1 aromatic carbocycles. The van der Waals surface area contributed by atoms with Crippen molar-refractivity contribution in [2.45, 2.75) is 56.7 Å². The molecule has 1 saturated heterocycles. The first kappa shape index (κ1) is 30.3. The molecule has 12 nitrogen and oxygen atoms in total. The van der Waals surface area contributed by atoms with Crippen molar-refractivity contribution in [2.75, 3.05) is 26.7 Å². The second-order valence-electron chi connectivity index (χ2n) is 9.95. The smallest absolute Gasteiger partial charge is 0.338 e. The second kappa shape index (κ2) is 13.2. The molecule has 12 heteroatoms. The predicted molar refractivity (Wildman–Crippen MR) is 145 cm³/mol. The van der Waals surface area contributed by atoms with E-state index in [0.29, 0.717) is 13.0 Å². The molecule has 216 valence electrons. The lowest BCUT2D eigenvalue weighted by atomic mass is 10.1. The van der Waals surface area contributed by atoms with Gasteiger partial charge in [-0.1, -0.05) is 12.2 Å². The van der Waals surface area contributed by atoms with Crippen LogP contribution < -0.4 is 5.32 Å². The summed E-state index contributed by atoms with van der Waals surface area (Å²) < 4.78 is 10.8. The van der Waals surface area contributed by atoms with Gasteiger partial charge in [-0.15, -0.1) is 13.2 Å². The molecule has 1 aliphatic carbocycles. The van der Waals surface area contributed by atoms with Crippen molar-refractivity contribution in [1.29, 1.82) is 0 Å². The zero-order valence-electron chi connectivity index (χ0n) is 22.9. The van der Waals surface area contributed by atoms with E-state index in [9.17, 15) is 29.3 Å². The Balaban J connectivity index is 1.76. The van der Waals surface area contributed by atoms with Crippen LogP contribution >= 0.6 is 0 Å². The maximum absolute atomic E-state index is 13.5. The molecule has 0 bridgehead atoms. The number of nitrogens with zero attached hydrogens (tertiary/aromatic N) is 3. The highest BCUT2D eigenvalue weighted by atomic mass is 16.6. The third-order valence-electron chi connectivity index (χ3n) is 7.16. The van der Waals surface area contributed by atoms with Gasteiger partial charge in [-0.2, -0.15) is 0 Å². The summed E-state index contributed by atoms with van der Waals surface area (Å²) in [6.07, 6.45) is 5.33. The van der Waals surface area contributed by atoms with Gasteiger partial charge in [0.05, 0.1) is 23.6 Å². The van der Waals surface area contributed by atoms with Crippen LogP contribution in [0.15, 0.2) is 49.6 Å². The molecule has 4 unspecified atom stereocenters. The number of hydrogen-bond acceptors (Lipinski definition) is 8. The van der Waals surface area contributed by atoms with E-state index >= 15 is 0 Å². The number of nitro groups is 1. The number of hydrogen-bond donors (Lipinski definition) is 1. The molecular formula is C28H36N4O8. The van der Waals surface area contributed by atoms with Crippen LogP contribution in [0.3, 0.4) is 0 Å². The molecule has 0 radical (unpaired) electrons. The number of urea groups is 1. The van der Waals surface area contributed by atoms with Crippen molar-refractivity contribution in [3.63, 3.8) is 0 Å². The third kappa shape index (κ3) is 6.85. The molecule has 3 amide bonds. The standard InChI is InChI=1S/C28H36N4O8/c1-5-8-9-10-15-30(4)27(36)31-18-22(40-25(34)19-11-13-21(14-12-19)32(37)38)16-23(31)24(33)29-28(17-20(28)6-2)26(35)39-7-3/h5-6,11-14,20,22-23H,1-2,7-10,15-18H2,3-4H3,(H,29,33). The van der Waals surface area contributed by atoms with Gasteiger partial charge in [0.25, 0.3) is 5.69 Å². The van der Waals surface area contributed by atoms with Crippen molar-refractivity contribution >= 4 is 29.6 Å². The SMILES string of the molecule is C=CCCCCN(C)C(=O)N1CC(OC(=O)c2ccc([N+](=O)[O-])cc2)CC1C(=O)NC1(C(=O)OCC)CC1C=C. The van der Waals surface area contributed by atoms with E-state index in [-0.39, 0.29) is 36.7 Å². The van der Waals surface area contributed by atoms with Crippen LogP contribution in [0.25, 0.3) is 0 Å². The topological polar surface area (TPSA) is 148 Å². The molecular weight excluding hydrogens is 520 g/mol. The summed E-state index contributed by atoms with van der Waals surface area (Å²) in [4.78, 5) is 65.6. The first-order chi connectivity index (χ1) is 19.1. The van der Waals surface area contributed by atoms with Crippen molar-refractivity contribution in [1.82, 2.24) is 15.1 Å². The summed E-state index contributed by atoms with van der Waals surface area (Å²) in [6.45, 7) is 9.66. The Bertz CT molecular complexity index is 1150. The number of esters is 2. The molecule has 2 aliphatic rings. The molecule has 1 N–H and O–H groups in total. The molecule has 4 atom stereocenters. The van der Waals surface area contributed by atoms with Crippen LogP contribution in [0.4, 0.5) is 10.5 Å². The van der Waals surface area contributed by atoms with Crippen LogP contribution in [0.1, 0.15) is 49.4 Å². The molecule has 0 spiro atoms. The number of unbranched alkanes of at least 4 members (excludes halogenated alkanes) is 2. The summed E-state index contributed by atoms with van der Waals surface area (Å²) in [7, 11) is 1.64. The van der Waals surface area contributed by atoms with Crippen LogP contribution in [-0.4, -0.2) is 83.0 Å². The Morgan fingerprint density at radius 1 is 1.23 bits per heavy atom. The van der Waals surface area contributed by atoms with E-state index in [1.165, 1.54) is 34.1 Å². The van der Waals surface area contributed by atoms with E-state index in [0.717, 1.165) is 19.3 Å². The number of nitro benzene ring substituents is 1. The minimum absolute atomic E-state index is 0.0122. The second-order valence-corrected chi connectivity index (χ2v) is 9.95. The monoisotopic (exact) mass is 556 g/mol. The molecule has 40 heavy (non-hydrogen) atoms. The van der Waals surface area contributed by atoms with Crippen LogP contribution in [0, 0.1) is 16.0 Å². The van der Waals surface area contributed by atoms with Gasteiger partial charge >= 0.3 is 18.0 Å². The normalized spacial score (nSPS) is 23.1. The number of allylic oxidation sites excluding steroid dienone is 1. The van der Waals surface area contributed by atoms with E-state index in [4.69, 9.17) is 9.47 Å². The van der Waals surface area contributed by atoms with Crippen LogP contribution in [-0.2, 0) is 19.1 Å². The molecule has 2 fully saturated rings. The number of likely N-dealkylation sites (tertiary alicyclic amines) is 1. The van der Waals surface area contributed by atoms with Gasteiger partial charge in [-0.3, -0.25) is 14.9 Å². The maximum Gasteiger partial charge on any atom is 0.338 e. The largest absolute Gasteiger partial charge is 0.464 e. The van der Waals surface area contributed by atoms with E-state index in [2.05, 4.69) is 18.5 Å². The van der Waals surface area contributed by atoms with Crippen molar-refractivity contribution < 1.29 is 33.6 Å². The van der Waals surface area contributed by atoms with Crippen molar-refractivity contribution in [3.05, 3.63) is 65.3 Å². The van der Waals surface area contributed by atoms with Gasteiger partial charge in [-0.05, 0) is 44.7 Å². The quantitative estimate of drug-likeness (QED) is 0.128. The summed E-state index contributed by atoms with van der Waals surface area (Å²) in [5.41, 5.74) is -1.31. The summed E-state index contributed by atoms with van der Waals surface area (Å²) in [5, 5.41) is 13.7.